The molecular weight excluding hydrogens is 302 g/mol. The molecule has 20 heavy (non-hydrogen) atoms. The van der Waals surface area contributed by atoms with Gasteiger partial charge in [0.25, 0.3) is 10.0 Å². The zero-order valence-corrected chi connectivity index (χ0v) is 12.9. The molecule has 0 spiro atoms. The first-order chi connectivity index (χ1) is 9.23. The van der Waals surface area contributed by atoms with Gasteiger partial charge in [0, 0.05) is 18.3 Å². The largest absolute Gasteiger partial charge is 0.369 e. The Hall–Kier alpha value is -1.19. The van der Waals surface area contributed by atoms with E-state index in [1.165, 1.54) is 4.31 Å². The number of nitrogens with one attached hydrogen (secondary N) is 1. The number of carbonyl (C=O) groups is 1. The van der Waals surface area contributed by atoms with Gasteiger partial charge in [-0.15, -0.1) is 0 Å². The molecule has 1 amide bonds. The van der Waals surface area contributed by atoms with Crippen LogP contribution < -0.4 is 10.6 Å². The van der Waals surface area contributed by atoms with Crippen molar-refractivity contribution in [3.05, 3.63) is 15.4 Å². The van der Waals surface area contributed by atoms with Gasteiger partial charge in [-0.2, -0.15) is 4.31 Å². The number of hydrogen-bond donors (Lipinski definition) is 2. The zero-order chi connectivity index (χ0) is 15.1. The molecule has 0 saturated carbocycles. The Morgan fingerprint density at radius 1 is 1.45 bits per heavy atom. The van der Waals surface area contributed by atoms with Crippen LogP contribution in [0.3, 0.4) is 0 Å². The van der Waals surface area contributed by atoms with Gasteiger partial charge >= 0.3 is 4.87 Å². The molecule has 2 unspecified atom stereocenters. The number of nitrogens with zero attached hydrogens (tertiary/aromatic N) is 1. The molecule has 112 valence electrons. The van der Waals surface area contributed by atoms with Crippen molar-refractivity contribution in [1.29, 1.82) is 0 Å². The summed E-state index contributed by atoms with van der Waals surface area (Å²) in [6, 6.07) is -0.216. The Balaban J connectivity index is 2.39. The van der Waals surface area contributed by atoms with Gasteiger partial charge in [0.05, 0.1) is 5.92 Å². The van der Waals surface area contributed by atoms with Gasteiger partial charge in [-0.1, -0.05) is 11.3 Å². The van der Waals surface area contributed by atoms with Gasteiger partial charge < -0.3 is 10.7 Å². The normalized spacial score (nSPS) is 24.7. The molecule has 1 aromatic rings. The molecular formula is C11H17N3O4S2. The van der Waals surface area contributed by atoms with Crippen LogP contribution in [0.2, 0.25) is 0 Å². The van der Waals surface area contributed by atoms with E-state index in [9.17, 15) is 18.0 Å². The molecule has 1 aromatic heterocycles. The number of aromatic amines is 1. The van der Waals surface area contributed by atoms with Crippen LogP contribution >= 0.6 is 11.3 Å². The predicted octanol–water partition coefficient (Wildman–Crippen LogP) is 0.0193. The van der Waals surface area contributed by atoms with Crippen LogP contribution in [-0.2, 0) is 14.8 Å². The molecule has 1 aliphatic heterocycles. The molecule has 0 aliphatic carbocycles. The van der Waals surface area contributed by atoms with Crippen LogP contribution in [0, 0.1) is 12.8 Å². The third kappa shape index (κ3) is 2.65. The van der Waals surface area contributed by atoms with Crippen molar-refractivity contribution in [3.8, 4) is 0 Å². The van der Waals surface area contributed by atoms with Crippen molar-refractivity contribution in [2.24, 2.45) is 11.7 Å². The van der Waals surface area contributed by atoms with Crippen LogP contribution in [0.5, 0.6) is 0 Å². The van der Waals surface area contributed by atoms with Crippen LogP contribution in [0.4, 0.5) is 0 Å². The van der Waals surface area contributed by atoms with E-state index in [1.807, 2.05) is 0 Å². The number of carbonyl (C=O) groups excluding carboxylic acids is 1. The van der Waals surface area contributed by atoms with Crippen LogP contribution in [-0.4, -0.2) is 36.2 Å². The summed E-state index contributed by atoms with van der Waals surface area (Å²) < 4.78 is 26.5. The number of hydrogen-bond acceptors (Lipinski definition) is 5. The Bertz CT molecular complexity index is 676. The lowest BCUT2D eigenvalue weighted by Crippen LogP contribution is -2.48. The second-order valence-electron chi connectivity index (χ2n) is 5.03. The van der Waals surface area contributed by atoms with E-state index < -0.39 is 26.7 Å². The summed E-state index contributed by atoms with van der Waals surface area (Å²) in [5.74, 6) is -0.965. The summed E-state index contributed by atoms with van der Waals surface area (Å²) in [7, 11) is -3.77. The molecule has 2 rings (SSSR count). The fraction of sp³-hybridized carbons (Fsp3) is 0.636. The smallest absolute Gasteiger partial charge is 0.305 e. The fourth-order valence-electron chi connectivity index (χ4n) is 2.39. The molecule has 9 heteroatoms. The Kier molecular flexibility index (Phi) is 4.03. The number of aromatic nitrogens is 1. The third-order valence-corrected chi connectivity index (χ3v) is 7.11. The van der Waals surface area contributed by atoms with Gasteiger partial charge in [0.2, 0.25) is 5.91 Å². The highest BCUT2D eigenvalue weighted by Gasteiger charge is 2.38. The van der Waals surface area contributed by atoms with E-state index in [2.05, 4.69) is 4.98 Å². The number of H-pyrrole nitrogens is 1. The number of amides is 1. The van der Waals surface area contributed by atoms with Crippen LogP contribution in [0.25, 0.3) is 0 Å². The van der Waals surface area contributed by atoms with Gasteiger partial charge in [0.1, 0.15) is 0 Å². The summed E-state index contributed by atoms with van der Waals surface area (Å²) in [5, 5.41) is 0. The average molecular weight is 319 g/mol. The number of aryl methyl sites for hydroxylation is 1. The second kappa shape index (κ2) is 5.30. The number of rotatable bonds is 3. The maximum atomic E-state index is 12.6. The van der Waals surface area contributed by atoms with E-state index in [1.54, 1.807) is 13.8 Å². The quantitative estimate of drug-likeness (QED) is 0.817. The molecule has 3 N–H and O–H groups in total. The first-order valence-corrected chi connectivity index (χ1v) is 8.50. The first kappa shape index (κ1) is 15.2. The SMILES string of the molecule is Cc1[nH]c(=O)sc1S(=O)(=O)N1CC(C(N)=O)CCC1C. The molecule has 0 radical (unpaired) electrons. The third-order valence-electron chi connectivity index (χ3n) is 3.55. The Labute approximate surface area is 120 Å². The minimum Gasteiger partial charge on any atom is -0.369 e. The van der Waals surface area contributed by atoms with Crippen molar-refractivity contribution in [1.82, 2.24) is 9.29 Å². The summed E-state index contributed by atoms with van der Waals surface area (Å²) >= 11 is 0.670. The minimum atomic E-state index is -3.77. The van der Waals surface area contributed by atoms with E-state index >= 15 is 0 Å². The standard InChI is InChI=1S/C11H17N3O4S2/c1-6-3-4-8(9(12)15)5-14(6)20(17,18)10-7(2)13-11(16)19-10/h6,8H,3-5H2,1-2H3,(H2,12,15)(H,13,16). The predicted molar refractivity (Wildman–Crippen MR) is 74.9 cm³/mol. The molecule has 2 heterocycles. The van der Waals surface area contributed by atoms with E-state index in [0.717, 1.165) is 0 Å². The molecule has 1 aliphatic rings. The number of thiazole rings is 1. The number of nitrogens with two attached hydrogens (primary N) is 1. The van der Waals surface area contributed by atoms with Crippen molar-refractivity contribution in [2.75, 3.05) is 6.54 Å². The van der Waals surface area contributed by atoms with Gasteiger partial charge in [0.15, 0.2) is 4.21 Å². The van der Waals surface area contributed by atoms with E-state index in [4.69, 9.17) is 5.73 Å². The molecule has 0 bridgehead atoms. The van der Waals surface area contributed by atoms with Crippen LogP contribution in [0.15, 0.2) is 9.00 Å². The lowest BCUT2D eigenvalue weighted by Gasteiger charge is -2.35. The molecule has 7 nitrogen and oxygen atoms in total. The van der Waals surface area contributed by atoms with Gasteiger partial charge in [-0.05, 0) is 26.7 Å². The average Bonchev–Trinajstić information content (AvgIpc) is 2.69. The summed E-state index contributed by atoms with van der Waals surface area (Å²) in [6.07, 6.45) is 1.16. The van der Waals surface area contributed by atoms with Crippen LogP contribution in [0.1, 0.15) is 25.5 Å². The van der Waals surface area contributed by atoms with Crippen molar-refractivity contribution in [2.45, 2.75) is 36.9 Å². The Morgan fingerprint density at radius 3 is 2.60 bits per heavy atom. The monoisotopic (exact) mass is 319 g/mol. The summed E-state index contributed by atoms with van der Waals surface area (Å²) in [6.45, 7) is 3.41. The summed E-state index contributed by atoms with van der Waals surface area (Å²) in [4.78, 5) is 24.7. The van der Waals surface area contributed by atoms with E-state index in [0.29, 0.717) is 29.9 Å². The number of primary amides is 1. The van der Waals surface area contributed by atoms with Crippen molar-refractivity contribution >= 4 is 27.3 Å². The zero-order valence-electron chi connectivity index (χ0n) is 11.3. The Morgan fingerprint density at radius 2 is 2.10 bits per heavy atom. The second-order valence-corrected chi connectivity index (χ2v) is 8.10. The maximum absolute atomic E-state index is 12.6. The number of piperidine rings is 1. The fourth-order valence-corrected chi connectivity index (χ4v) is 5.50. The lowest BCUT2D eigenvalue weighted by molar-refractivity contribution is -0.123. The highest BCUT2D eigenvalue weighted by Crippen LogP contribution is 2.29. The van der Waals surface area contributed by atoms with Gasteiger partial charge in [-0.25, -0.2) is 8.42 Å². The molecule has 1 fully saturated rings. The first-order valence-electron chi connectivity index (χ1n) is 6.24. The summed E-state index contributed by atoms with van der Waals surface area (Å²) in [5.41, 5.74) is 5.60. The highest BCUT2D eigenvalue weighted by atomic mass is 32.2. The highest BCUT2D eigenvalue weighted by molar-refractivity contribution is 7.91. The minimum absolute atomic E-state index is 0.0134. The number of sulfonamides is 1. The lowest BCUT2D eigenvalue weighted by atomic mass is 9.95. The topological polar surface area (TPSA) is 113 Å². The van der Waals surface area contributed by atoms with Crippen molar-refractivity contribution in [3.63, 3.8) is 0 Å². The van der Waals surface area contributed by atoms with Crippen molar-refractivity contribution < 1.29 is 13.2 Å². The molecule has 2 atom stereocenters. The van der Waals surface area contributed by atoms with E-state index in [-0.39, 0.29) is 16.8 Å². The maximum Gasteiger partial charge on any atom is 0.305 e. The molecule has 0 aromatic carbocycles. The van der Waals surface area contributed by atoms with Gasteiger partial charge in [-0.3, -0.25) is 9.59 Å². The molecule has 1 saturated heterocycles.